The molecule has 6 nitrogen and oxygen atoms in total. The average Bonchev–Trinajstić information content (AvgIpc) is 3.23. The van der Waals surface area contributed by atoms with Crippen molar-refractivity contribution in [2.45, 2.75) is 50.2 Å². The number of likely N-dealkylation sites (tertiary alicyclic amines) is 1. The smallest absolute Gasteiger partial charge is 0.223 e. The highest BCUT2D eigenvalue weighted by Gasteiger charge is 2.36. The normalized spacial score (nSPS) is 27.0. The zero-order valence-corrected chi connectivity index (χ0v) is 12.6. The lowest BCUT2D eigenvalue weighted by molar-refractivity contribution is -0.134. The first-order chi connectivity index (χ1) is 10.2. The number of hydrogen-bond donors (Lipinski definition) is 1. The topological polar surface area (TPSA) is 73.4 Å². The number of amides is 1. The molecule has 2 aliphatic rings. The van der Waals surface area contributed by atoms with Gasteiger partial charge in [0.05, 0.1) is 30.9 Å². The van der Waals surface area contributed by atoms with Gasteiger partial charge >= 0.3 is 0 Å². The number of carbonyl (C=O) groups is 1. The summed E-state index contributed by atoms with van der Waals surface area (Å²) in [5.74, 6) is 0.175. The van der Waals surface area contributed by atoms with Crippen molar-refractivity contribution in [2.75, 3.05) is 20.3 Å². The summed E-state index contributed by atoms with van der Waals surface area (Å²) in [5.41, 5.74) is 7.49. The van der Waals surface area contributed by atoms with Crippen LogP contribution < -0.4 is 5.73 Å². The van der Waals surface area contributed by atoms with E-state index in [4.69, 9.17) is 10.5 Å². The Morgan fingerprint density at radius 1 is 1.43 bits per heavy atom. The van der Waals surface area contributed by atoms with E-state index in [1.165, 1.54) is 12.8 Å². The van der Waals surface area contributed by atoms with E-state index in [0.29, 0.717) is 25.6 Å². The van der Waals surface area contributed by atoms with Crippen molar-refractivity contribution in [3.63, 3.8) is 0 Å². The van der Waals surface area contributed by atoms with Crippen LogP contribution in [0.4, 0.5) is 0 Å². The van der Waals surface area contributed by atoms with E-state index in [9.17, 15) is 4.79 Å². The highest BCUT2D eigenvalue weighted by molar-refractivity contribution is 5.77. The summed E-state index contributed by atoms with van der Waals surface area (Å²) in [5, 5.41) is 0. The van der Waals surface area contributed by atoms with Gasteiger partial charge in [-0.25, -0.2) is 4.98 Å². The number of carbonyl (C=O) groups excluding carboxylic acids is 1. The molecular formula is C15H24N4O2. The summed E-state index contributed by atoms with van der Waals surface area (Å²) < 4.78 is 7.38. The van der Waals surface area contributed by atoms with Crippen LogP contribution in [0.3, 0.4) is 0 Å². The summed E-state index contributed by atoms with van der Waals surface area (Å²) in [6.45, 7) is 1.12. The van der Waals surface area contributed by atoms with Gasteiger partial charge in [0.15, 0.2) is 0 Å². The minimum absolute atomic E-state index is 0.0393. The number of ether oxygens (including phenoxy) is 1. The summed E-state index contributed by atoms with van der Waals surface area (Å²) in [6, 6.07) is 0.415. The maximum absolute atomic E-state index is 12.5. The number of hydrogen-bond acceptors (Lipinski definition) is 4. The Bertz CT molecular complexity index is 498. The molecule has 0 aromatic carbocycles. The molecule has 2 atom stereocenters. The standard InChI is InChI=1S/C15H24N4O2/c1-21-8-7-18-14(20)4-2-3-12(16)15(18)13-9-17-10-19(13)11-5-6-11/h9-12,15H,2-8,16H2,1H3. The lowest BCUT2D eigenvalue weighted by Gasteiger charge is -2.34. The van der Waals surface area contributed by atoms with Crippen molar-refractivity contribution in [2.24, 2.45) is 5.73 Å². The number of rotatable bonds is 5. The SMILES string of the molecule is COCCN1C(=O)CCCC(N)C1c1cncn1C1CC1. The van der Waals surface area contributed by atoms with Gasteiger partial charge < -0.3 is 19.9 Å². The van der Waals surface area contributed by atoms with Crippen LogP contribution in [-0.4, -0.2) is 46.7 Å². The maximum atomic E-state index is 12.5. The van der Waals surface area contributed by atoms with Crippen molar-refractivity contribution in [1.29, 1.82) is 0 Å². The van der Waals surface area contributed by atoms with Gasteiger partial charge in [0.25, 0.3) is 0 Å². The lowest BCUT2D eigenvalue weighted by Crippen LogP contribution is -2.44. The highest BCUT2D eigenvalue weighted by atomic mass is 16.5. The van der Waals surface area contributed by atoms with Gasteiger partial charge in [0.1, 0.15) is 0 Å². The van der Waals surface area contributed by atoms with Gasteiger partial charge in [-0.3, -0.25) is 4.79 Å². The third-order valence-corrected chi connectivity index (χ3v) is 4.47. The highest BCUT2D eigenvalue weighted by Crippen LogP contribution is 2.39. The van der Waals surface area contributed by atoms with Gasteiger partial charge in [-0.2, -0.15) is 0 Å². The van der Waals surface area contributed by atoms with Gasteiger partial charge in [0, 0.05) is 32.2 Å². The van der Waals surface area contributed by atoms with Crippen LogP contribution in [0.2, 0.25) is 0 Å². The Kier molecular flexibility index (Phi) is 4.26. The third-order valence-electron chi connectivity index (χ3n) is 4.47. The van der Waals surface area contributed by atoms with Crippen LogP contribution in [0, 0.1) is 0 Å². The van der Waals surface area contributed by atoms with E-state index < -0.39 is 0 Å². The Balaban J connectivity index is 1.92. The molecule has 1 aromatic heterocycles. The van der Waals surface area contributed by atoms with Gasteiger partial charge in [-0.1, -0.05) is 0 Å². The molecule has 116 valence electrons. The molecule has 6 heteroatoms. The number of nitrogens with zero attached hydrogens (tertiary/aromatic N) is 3. The Morgan fingerprint density at radius 3 is 2.95 bits per heavy atom. The van der Waals surface area contributed by atoms with Gasteiger partial charge in [0.2, 0.25) is 5.91 Å². The zero-order valence-electron chi connectivity index (χ0n) is 12.6. The number of aromatic nitrogens is 2. The molecule has 2 fully saturated rings. The second kappa shape index (κ2) is 6.15. The maximum Gasteiger partial charge on any atom is 0.223 e. The van der Waals surface area contributed by atoms with E-state index >= 15 is 0 Å². The van der Waals surface area contributed by atoms with Crippen molar-refractivity contribution in [3.8, 4) is 0 Å². The van der Waals surface area contributed by atoms with Crippen molar-refractivity contribution < 1.29 is 9.53 Å². The van der Waals surface area contributed by atoms with Crippen molar-refractivity contribution in [3.05, 3.63) is 18.2 Å². The fraction of sp³-hybridized carbons (Fsp3) is 0.733. The second-order valence-corrected chi connectivity index (χ2v) is 6.04. The first-order valence-corrected chi connectivity index (χ1v) is 7.78. The molecule has 2 unspecified atom stereocenters. The minimum atomic E-state index is -0.0850. The summed E-state index contributed by atoms with van der Waals surface area (Å²) >= 11 is 0. The quantitative estimate of drug-likeness (QED) is 0.886. The van der Waals surface area contributed by atoms with Crippen LogP contribution in [0.5, 0.6) is 0 Å². The molecule has 0 spiro atoms. The molecule has 2 N–H and O–H groups in total. The average molecular weight is 292 g/mol. The van der Waals surface area contributed by atoms with Crippen molar-refractivity contribution >= 4 is 5.91 Å². The molecule has 1 aliphatic heterocycles. The van der Waals surface area contributed by atoms with E-state index in [2.05, 4.69) is 9.55 Å². The van der Waals surface area contributed by atoms with E-state index in [0.717, 1.165) is 18.5 Å². The minimum Gasteiger partial charge on any atom is -0.383 e. The fourth-order valence-corrected chi connectivity index (χ4v) is 3.21. The van der Waals surface area contributed by atoms with Gasteiger partial charge in [-0.15, -0.1) is 0 Å². The molecule has 21 heavy (non-hydrogen) atoms. The largest absolute Gasteiger partial charge is 0.383 e. The predicted molar refractivity (Wildman–Crippen MR) is 78.7 cm³/mol. The molecule has 2 heterocycles. The number of nitrogens with two attached hydrogens (primary N) is 1. The Hall–Kier alpha value is -1.40. The second-order valence-electron chi connectivity index (χ2n) is 6.04. The van der Waals surface area contributed by atoms with Crippen LogP contribution in [0.15, 0.2) is 12.5 Å². The lowest BCUT2D eigenvalue weighted by atomic mass is 10.0. The molecule has 0 radical (unpaired) electrons. The molecular weight excluding hydrogens is 268 g/mol. The zero-order chi connectivity index (χ0) is 14.8. The van der Waals surface area contributed by atoms with Crippen LogP contribution in [-0.2, 0) is 9.53 Å². The van der Waals surface area contributed by atoms with E-state index in [-0.39, 0.29) is 18.0 Å². The van der Waals surface area contributed by atoms with E-state index in [1.807, 2.05) is 17.4 Å². The predicted octanol–water partition coefficient (Wildman–Crippen LogP) is 1.25. The van der Waals surface area contributed by atoms with Crippen molar-refractivity contribution in [1.82, 2.24) is 14.5 Å². The number of methoxy groups -OCH3 is 1. The number of imidazole rings is 1. The van der Waals surface area contributed by atoms with Crippen LogP contribution in [0.25, 0.3) is 0 Å². The Labute approximate surface area is 125 Å². The van der Waals surface area contributed by atoms with Crippen LogP contribution >= 0.6 is 0 Å². The molecule has 0 bridgehead atoms. The molecule has 1 amide bonds. The molecule has 1 aromatic rings. The Morgan fingerprint density at radius 2 is 2.24 bits per heavy atom. The fourth-order valence-electron chi connectivity index (χ4n) is 3.21. The van der Waals surface area contributed by atoms with Crippen LogP contribution in [0.1, 0.15) is 49.9 Å². The molecule has 1 saturated carbocycles. The summed E-state index contributed by atoms with van der Waals surface area (Å²) in [6.07, 6.45) is 8.44. The first kappa shape index (κ1) is 14.5. The monoisotopic (exact) mass is 292 g/mol. The molecule has 3 rings (SSSR count). The summed E-state index contributed by atoms with van der Waals surface area (Å²) in [4.78, 5) is 18.7. The van der Waals surface area contributed by atoms with E-state index in [1.54, 1.807) is 7.11 Å². The third kappa shape index (κ3) is 2.96. The van der Waals surface area contributed by atoms with Gasteiger partial charge in [-0.05, 0) is 25.7 Å². The molecule has 1 aliphatic carbocycles. The molecule has 1 saturated heterocycles. The first-order valence-electron chi connectivity index (χ1n) is 7.78. The summed E-state index contributed by atoms with van der Waals surface area (Å²) in [7, 11) is 1.66.